The molecule has 0 radical (unpaired) electrons. The largest absolute Gasteiger partial charge is 0.348 e. The lowest BCUT2D eigenvalue weighted by Gasteiger charge is -2.29. The standard InChI is InChI=1S/C15H18N2OS/c1-11-5-2-3-7-14(11)17-15(18)12(10-16)9-13-6-4-8-19-13/h4,6,8-9,11,14H,2-3,5,7H2,1H3,(H,17,18)/b12-9-/t11-,14-/m0/s1. The van der Waals surface area contributed by atoms with E-state index in [4.69, 9.17) is 5.26 Å². The van der Waals surface area contributed by atoms with Crippen LogP contribution < -0.4 is 5.32 Å². The normalized spacial score (nSPS) is 23.7. The van der Waals surface area contributed by atoms with Gasteiger partial charge < -0.3 is 5.32 Å². The zero-order valence-corrected chi connectivity index (χ0v) is 11.9. The van der Waals surface area contributed by atoms with Crippen LogP contribution in [-0.4, -0.2) is 11.9 Å². The second-order valence-corrected chi connectivity index (χ2v) is 6.01. The third kappa shape index (κ3) is 3.68. The maximum atomic E-state index is 12.1. The molecule has 0 unspecified atom stereocenters. The average molecular weight is 274 g/mol. The molecule has 1 N–H and O–H groups in total. The predicted octanol–water partition coefficient (Wildman–Crippen LogP) is 3.35. The van der Waals surface area contributed by atoms with Gasteiger partial charge in [0.1, 0.15) is 11.6 Å². The van der Waals surface area contributed by atoms with Crippen LogP contribution in [0.25, 0.3) is 6.08 Å². The molecule has 2 atom stereocenters. The highest BCUT2D eigenvalue weighted by atomic mass is 32.1. The van der Waals surface area contributed by atoms with Gasteiger partial charge in [0.05, 0.1) is 0 Å². The van der Waals surface area contributed by atoms with Crippen molar-refractivity contribution in [2.24, 2.45) is 5.92 Å². The minimum Gasteiger partial charge on any atom is -0.348 e. The number of hydrogen-bond acceptors (Lipinski definition) is 3. The number of thiophene rings is 1. The molecule has 1 saturated carbocycles. The summed E-state index contributed by atoms with van der Waals surface area (Å²) in [6, 6.07) is 6.02. The molecule has 1 fully saturated rings. The summed E-state index contributed by atoms with van der Waals surface area (Å²) >= 11 is 1.52. The zero-order valence-electron chi connectivity index (χ0n) is 11.1. The fraction of sp³-hybridized carbons (Fsp3) is 0.467. The Morgan fingerprint density at radius 1 is 1.53 bits per heavy atom. The second-order valence-electron chi connectivity index (χ2n) is 5.03. The van der Waals surface area contributed by atoms with Crippen LogP contribution in [0.1, 0.15) is 37.5 Å². The second kappa shape index (κ2) is 6.53. The van der Waals surface area contributed by atoms with E-state index in [-0.39, 0.29) is 17.5 Å². The molecular weight excluding hydrogens is 256 g/mol. The summed E-state index contributed by atoms with van der Waals surface area (Å²) in [6.07, 6.45) is 6.23. The van der Waals surface area contributed by atoms with E-state index in [0.717, 1.165) is 24.1 Å². The number of nitriles is 1. The molecule has 1 amide bonds. The van der Waals surface area contributed by atoms with Crippen LogP contribution in [-0.2, 0) is 4.79 Å². The van der Waals surface area contributed by atoms with E-state index < -0.39 is 0 Å². The number of amides is 1. The van der Waals surface area contributed by atoms with E-state index in [1.165, 1.54) is 17.8 Å². The minimum atomic E-state index is -0.241. The number of nitrogens with one attached hydrogen (secondary N) is 1. The Morgan fingerprint density at radius 3 is 2.95 bits per heavy atom. The smallest absolute Gasteiger partial charge is 0.262 e. The van der Waals surface area contributed by atoms with Crippen molar-refractivity contribution in [1.29, 1.82) is 5.26 Å². The van der Waals surface area contributed by atoms with Crippen LogP contribution in [0.3, 0.4) is 0 Å². The first kappa shape index (κ1) is 13.8. The van der Waals surface area contributed by atoms with Gasteiger partial charge in [0.15, 0.2) is 0 Å². The van der Waals surface area contributed by atoms with Gasteiger partial charge >= 0.3 is 0 Å². The number of rotatable bonds is 3. The zero-order chi connectivity index (χ0) is 13.7. The van der Waals surface area contributed by atoms with Crippen LogP contribution >= 0.6 is 11.3 Å². The van der Waals surface area contributed by atoms with Gasteiger partial charge in [-0.3, -0.25) is 4.79 Å². The van der Waals surface area contributed by atoms with Crippen LogP contribution in [0, 0.1) is 17.2 Å². The topological polar surface area (TPSA) is 52.9 Å². The molecule has 1 aliphatic carbocycles. The van der Waals surface area contributed by atoms with E-state index in [0.29, 0.717) is 5.92 Å². The molecule has 0 aromatic carbocycles. The summed E-state index contributed by atoms with van der Waals surface area (Å²) in [7, 11) is 0. The molecular formula is C15H18N2OS. The lowest BCUT2D eigenvalue weighted by atomic mass is 9.86. The number of hydrogen-bond donors (Lipinski definition) is 1. The van der Waals surface area contributed by atoms with Crippen LogP contribution in [0.15, 0.2) is 23.1 Å². The molecule has 1 aromatic rings. The van der Waals surface area contributed by atoms with Crippen molar-refractivity contribution in [3.8, 4) is 6.07 Å². The molecule has 100 valence electrons. The molecule has 19 heavy (non-hydrogen) atoms. The molecule has 4 heteroatoms. The highest BCUT2D eigenvalue weighted by Crippen LogP contribution is 2.24. The molecule has 1 aliphatic rings. The highest BCUT2D eigenvalue weighted by Gasteiger charge is 2.23. The van der Waals surface area contributed by atoms with Gasteiger partial charge in [-0.1, -0.05) is 25.8 Å². The van der Waals surface area contributed by atoms with Crippen LogP contribution in [0.4, 0.5) is 0 Å². The summed E-state index contributed by atoms with van der Waals surface area (Å²) in [5.74, 6) is 0.258. The van der Waals surface area contributed by atoms with Gasteiger partial charge in [-0.2, -0.15) is 5.26 Å². The molecule has 0 aliphatic heterocycles. The third-order valence-electron chi connectivity index (χ3n) is 3.62. The molecule has 0 bridgehead atoms. The van der Waals surface area contributed by atoms with E-state index in [1.807, 2.05) is 23.6 Å². The first-order valence-corrected chi connectivity index (χ1v) is 7.55. The van der Waals surface area contributed by atoms with Gasteiger partial charge in [-0.05, 0) is 36.3 Å². The Hall–Kier alpha value is -1.60. The number of carbonyl (C=O) groups excluding carboxylic acids is 1. The van der Waals surface area contributed by atoms with Crippen molar-refractivity contribution in [2.75, 3.05) is 0 Å². The molecule has 1 heterocycles. The van der Waals surface area contributed by atoms with Gasteiger partial charge in [-0.25, -0.2) is 0 Å². The van der Waals surface area contributed by atoms with Gasteiger partial charge in [-0.15, -0.1) is 11.3 Å². The Labute approximate surface area is 117 Å². The van der Waals surface area contributed by atoms with Gasteiger partial charge in [0.25, 0.3) is 5.91 Å². The lowest BCUT2D eigenvalue weighted by Crippen LogP contribution is -2.41. The Balaban J connectivity index is 2.03. The van der Waals surface area contributed by atoms with E-state index in [2.05, 4.69) is 12.2 Å². The Bertz CT molecular complexity index is 499. The summed E-state index contributed by atoms with van der Waals surface area (Å²) < 4.78 is 0. The maximum absolute atomic E-state index is 12.1. The van der Waals surface area contributed by atoms with Crippen molar-refractivity contribution in [3.05, 3.63) is 28.0 Å². The molecule has 2 rings (SSSR count). The first-order chi connectivity index (χ1) is 9.20. The average Bonchev–Trinajstić information content (AvgIpc) is 2.91. The van der Waals surface area contributed by atoms with Crippen LogP contribution in [0.5, 0.6) is 0 Å². The maximum Gasteiger partial charge on any atom is 0.262 e. The number of carbonyl (C=O) groups is 1. The van der Waals surface area contributed by atoms with Gasteiger partial charge in [0.2, 0.25) is 0 Å². The fourth-order valence-electron chi connectivity index (χ4n) is 2.44. The van der Waals surface area contributed by atoms with E-state index >= 15 is 0 Å². The SMILES string of the molecule is C[C@H]1CCCC[C@@H]1NC(=O)/C(C#N)=C\c1cccs1. The lowest BCUT2D eigenvalue weighted by molar-refractivity contribution is -0.118. The summed E-state index contributed by atoms with van der Waals surface area (Å²) in [6.45, 7) is 2.17. The quantitative estimate of drug-likeness (QED) is 0.679. The first-order valence-electron chi connectivity index (χ1n) is 6.67. The minimum absolute atomic E-state index is 0.195. The van der Waals surface area contributed by atoms with E-state index in [1.54, 1.807) is 6.08 Å². The monoisotopic (exact) mass is 274 g/mol. The Morgan fingerprint density at radius 2 is 2.32 bits per heavy atom. The molecule has 1 aromatic heterocycles. The van der Waals surface area contributed by atoms with Crippen LogP contribution in [0.2, 0.25) is 0 Å². The van der Waals surface area contributed by atoms with Crippen molar-refractivity contribution in [3.63, 3.8) is 0 Å². The molecule has 0 spiro atoms. The molecule has 0 saturated heterocycles. The summed E-state index contributed by atoms with van der Waals surface area (Å²) in [5, 5.41) is 14.1. The predicted molar refractivity (Wildman–Crippen MR) is 77.5 cm³/mol. The van der Waals surface area contributed by atoms with Crippen molar-refractivity contribution in [1.82, 2.24) is 5.32 Å². The van der Waals surface area contributed by atoms with Crippen molar-refractivity contribution >= 4 is 23.3 Å². The number of nitrogens with zero attached hydrogens (tertiary/aromatic N) is 1. The fourth-order valence-corrected chi connectivity index (χ4v) is 3.10. The summed E-state index contributed by atoms with van der Waals surface area (Å²) in [4.78, 5) is 13.1. The van der Waals surface area contributed by atoms with Gasteiger partial charge in [0, 0.05) is 10.9 Å². The van der Waals surface area contributed by atoms with E-state index in [9.17, 15) is 4.79 Å². The summed E-state index contributed by atoms with van der Waals surface area (Å²) in [5.41, 5.74) is 0.195. The van der Waals surface area contributed by atoms with Crippen molar-refractivity contribution < 1.29 is 4.79 Å². The Kier molecular flexibility index (Phi) is 4.75. The molecule has 3 nitrogen and oxygen atoms in total. The third-order valence-corrected chi connectivity index (χ3v) is 4.44. The highest BCUT2D eigenvalue weighted by molar-refractivity contribution is 7.10. The van der Waals surface area contributed by atoms with Crippen molar-refractivity contribution in [2.45, 2.75) is 38.6 Å².